The minimum absolute atomic E-state index is 0.274. The summed E-state index contributed by atoms with van der Waals surface area (Å²) in [5.41, 5.74) is -0.524. The maximum atomic E-state index is 14.3. The van der Waals surface area contributed by atoms with Crippen LogP contribution in [-0.4, -0.2) is 18.8 Å². The van der Waals surface area contributed by atoms with E-state index in [4.69, 9.17) is 0 Å². The molecule has 1 unspecified atom stereocenters. The number of alkyl halides is 1. The lowest BCUT2D eigenvalue weighted by Crippen LogP contribution is -2.43. The molecule has 1 aliphatic rings. The summed E-state index contributed by atoms with van der Waals surface area (Å²) < 4.78 is 28.1. The number of nitrogens with one attached hydrogen (secondary N) is 1. The monoisotopic (exact) mass is 289 g/mol. The quantitative estimate of drug-likeness (QED) is 0.882. The van der Waals surface area contributed by atoms with Crippen LogP contribution in [0.3, 0.4) is 0 Å². The standard InChI is InChI=1S/C12H14BrF2N/c13-10-4-9(5-11(14)6-10)7-12(15)2-1-3-16-8-12/h4-6,16H,1-3,7-8H2. The summed E-state index contributed by atoms with van der Waals surface area (Å²) in [7, 11) is 0. The van der Waals surface area contributed by atoms with Crippen LogP contribution in [0.15, 0.2) is 22.7 Å². The number of hydrogen-bond acceptors (Lipinski definition) is 1. The van der Waals surface area contributed by atoms with Gasteiger partial charge in [0.15, 0.2) is 0 Å². The van der Waals surface area contributed by atoms with E-state index in [2.05, 4.69) is 21.2 Å². The highest BCUT2D eigenvalue weighted by atomic mass is 79.9. The predicted octanol–water partition coefficient (Wildman–Crippen LogP) is 3.22. The largest absolute Gasteiger partial charge is 0.314 e. The average molecular weight is 290 g/mol. The Hall–Kier alpha value is -0.480. The van der Waals surface area contributed by atoms with Crippen molar-refractivity contribution in [2.45, 2.75) is 24.9 Å². The molecule has 4 heteroatoms. The molecule has 0 amide bonds. The molecule has 1 aromatic carbocycles. The van der Waals surface area contributed by atoms with Crippen molar-refractivity contribution in [3.63, 3.8) is 0 Å². The Balaban J connectivity index is 2.13. The van der Waals surface area contributed by atoms with Gasteiger partial charge in [0, 0.05) is 17.4 Å². The highest BCUT2D eigenvalue weighted by Crippen LogP contribution is 2.27. The van der Waals surface area contributed by atoms with Crippen LogP contribution in [0, 0.1) is 5.82 Å². The molecule has 1 saturated heterocycles. The van der Waals surface area contributed by atoms with Gasteiger partial charge in [0.25, 0.3) is 0 Å². The molecule has 0 aromatic heterocycles. The SMILES string of the molecule is Fc1cc(Br)cc(CC2(F)CCCNC2)c1. The van der Waals surface area contributed by atoms with Crippen molar-refractivity contribution >= 4 is 15.9 Å². The Labute approximate surface area is 102 Å². The minimum atomic E-state index is -1.23. The second kappa shape index (κ2) is 4.80. The van der Waals surface area contributed by atoms with Gasteiger partial charge in [0.2, 0.25) is 0 Å². The van der Waals surface area contributed by atoms with Gasteiger partial charge in [0.05, 0.1) is 0 Å². The second-order valence-electron chi connectivity index (χ2n) is 4.39. The Bertz CT molecular complexity index is 355. The maximum Gasteiger partial charge on any atom is 0.127 e. The van der Waals surface area contributed by atoms with Crippen LogP contribution >= 0.6 is 15.9 Å². The summed E-state index contributed by atoms with van der Waals surface area (Å²) in [5.74, 6) is -0.322. The number of piperidine rings is 1. The zero-order valence-corrected chi connectivity index (χ0v) is 10.5. The molecule has 0 spiro atoms. The summed E-state index contributed by atoms with van der Waals surface area (Å²) in [6.07, 6.45) is 1.66. The van der Waals surface area contributed by atoms with Crippen molar-refractivity contribution in [3.05, 3.63) is 34.1 Å². The van der Waals surface area contributed by atoms with Gasteiger partial charge >= 0.3 is 0 Å². The minimum Gasteiger partial charge on any atom is -0.314 e. The number of benzene rings is 1. The van der Waals surface area contributed by atoms with Gasteiger partial charge in [-0.3, -0.25) is 0 Å². The third-order valence-corrected chi connectivity index (χ3v) is 3.32. The molecule has 0 saturated carbocycles. The van der Waals surface area contributed by atoms with E-state index in [1.54, 1.807) is 6.07 Å². The lowest BCUT2D eigenvalue weighted by molar-refractivity contribution is 0.122. The molecule has 1 N–H and O–H groups in total. The van der Waals surface area contributed by atoms with Gasteiger partial charge in [-0.2, -0.15) is 0 Å². The summed E-state index contributed by atoms with van der Waals surface area (Å²) in [5, 5.41) is 3.04. The molecule has 1 heterocycles. The van der Waals surface area contributed by atoms with Crippen molar-refractivity contribution in [2.24, 2.45) is 0 Å². The fraction of sp³-hybridized carbons (Fsp3) is 0.500. The van der Waals surface area contributed by atoms with E-state index < -0.39 is 5.67 Å². The highest BCUT2D eigenvalue weighted by Gasteiger charge is 2.31. The smallest absolute Gasteiger partial charge is 0.127 e. The van der Waals surface area contributed by atoms with Crippen LogP contribution < -0.4 is 5.32 Å². The molecule has 0 aliphatic carbocycles. The third kappa shape index (κ3) is 3.01. The van der Waals surface area contributed by atoms with Crippen molar-refractivity contribution in [3.8, 4) is 0 Å². The van der Waals surface area contributed by atoms with E-state index in [1.165, 1.54) is 12.1 Å². The maximum absolute atomic E-state index is 14.3. The van der Waals surface area contributed by atoms with Gasteiger partial charge in [-0.1, -0.05) is 15.9 Å². The average Bonchev–Trinajstić information content (AvgIpc) is 2.15. The van der Waals surface area contributed by atoms with Crippen LogP contribution in [0.4, 0.5) is 8.78 Å². The van der Waals surface area contributed by atoms with Crippen LogP contribution in [0.1, 0.15) is 18.4 Å². The lowest BCUT2D eigenvalue weighted by Gasteiger charge is -2.30. The third-order valence-electron chi connectivity index (χ3n) is 2.86. The summed E-state index contributed by atoms with van der Waals surface area (Å²) >= 11 is 3.22. The van der Waals surface area contributed by atoms with E-state index in [0.717, 1.165) is 13.0 Å². The van der Waals surface area contributed by atoms with Crippen LogP contribution in [-0.2, 0) is 6.42 Å². The molecule has 1 atom stereocenters. The molecule has 16 heavy (non-hydrogen) atoms. The first-order chi connectivity index (χ1) is 7.57. The van der Waals surface area contributed by atoms with Crippen molar-refractivity contribution in [1.29, 1.82) is 0 Å². The van der Waals surface area contributed by atoms with E-state index in [-0.39, 0.29) is 12.2 Å². The molecule has 2 rings (SSSR count). The van der Waals surface area contributed by atoms with Crippen molar-refractivity contribution in [2.75, 3.05) is 13.1 Å². The molecule has 0 bridgehead atoms. The summed E-state index contributed by atoms with van der Waals surface area (Å²) in [6, 6.07) is 4.56. The normalized spacial score (nSPS) is 25.7. The molecule has 88 valence electrons. The van der Waals surface area contributed by atoms with E-state index in [1.807, 2.05) is 0 Å². The fourth-order valence-electron chi connectivity index (χ4n) is 2.16. The zero-order chi connectivity index (χ0) is 11.6. The van der Waals surface area contributed by atoms with Gasteiger partial charge < -0.3 is 5.32 Å². The molecule has 0 radical (unpaired) electrons. The Morgan fingerprint density at radius 1 is 1.38 bits per heavy atom. The Morgan fingerprint density at radius 2 is 2.19 bits per heavy atom. The second-order valence-corrected chi connectivity index (χ2v) is 5.30. The fourth-order valence-corrected chi connectivity index (χ4v) is 2.67. The summed E-state index contributed by atoms with van der Waals surface area (Å²) in [4.78, 5) is 0. The van der Waals surface area contributed by atoms with Crippen molar-refractivity contribution < 1.29 is 8.78 Å². The number of hydrogen-bond donors (Lipinski definition) is 1. The van der Waals surface area contributed by atoms with Crippen LogP contribution in [0.2, 0.25) is 0 Å². The predicted molar refractivity (Wildman–Crippen MR) is 63.7 cm³/mol. The van der Waals surface area contributed by atoms with Crippen LogP contribution in [0.25, 0.3) is 0 Å². The van der Waals surface area contributed by atoms with Gasteiger partial charge in [-0.05, 0) is 43.1 Å². The zero-order valence-electron chi connectivity index (χ0n) is 8.90. The summed E-state index contributed by atoms with van der Waals surface area (Å²) in [6.45, 7) is 1.24. The first-order valence-electron chi connectivity index (χ1n) is 5.42. The molecule has 1 fully saturated rings. The van der Waals surface area contributed by atoms with E-state index in [9.17, 15) is 8.78 Å². The molecule has 1 nitrogen and oxygen atoms in total. The molecular weight excluding hydrogens is 276 g/mol. The van der Waals surface area contributed by atoms with Gasteiger partial charge in [-0.25, -0.2) is 8.78 Å². The first kappa shape index (κ1) is 12.0. The molecule has 1 aliphatic heterocycles. The van der Waals surface area contributed by atoms with Crippen LogP contribution in [0.5, 0.6) is 0 Å². The number of halogens is 3. The first-order valence-corrected chi connectivity index (χ1v) is 6.21. The Kier molecular flexibility index (Phi) is 3.60. The topological polar surface area (TPSA) is 12.0 Å². The van der Waals surface area contributed by atoms with E-state index >= 15 is 0 Å². The van der Waals surface area contributed by atoms with E-state index in [0.29, 0.717) is 23.0 Å². The Morgan fingerprint density at radius 3 is 2.81 bits per heavy atom. The number of rotatable bonds is 2. The lowest BCUT2D eigenvalue weighted by atomic mass is 9.89. The molecule has 1 aromatic rings. The highest BCUT2D eigenvalue weighted by molar-refractivity contribution is 9.10. The van der Waals surface area contributed by atoms with Crippen molar-refractivity contribution in [1.82, 2.24) is 5.32 Å². The van der Waals surface area contributed by atoms with Gasteiger partial charge in [-0.15, -0.1) is 0 Å². The molecular formula is C12H14BrF2N. The van der Waals surface area contributed by atoms with Gasteiger partial charge in [0.1, 0.15) is 11.5 Å².